The molecule has 2 heterocycles. The highest BCUT2D eigenvalue weighted by atomic mass is 35.5. The third kappa shape index (κ3) is 3.89. The number of sulfonamides is 1. The SMILES string of the molecule is Cc1ccc(Cl)cc1S(=O)(=O)NCc1cc(-c2ccccn2)n(C)n1. The Kier molecular flexibility index (Phi) is 4.89. The van der Waals surface area contributed by atoms with Crippen LogP contribution < -0.4 is 4.72 Å². The summed E-state index contributed by atoms with van der Waals surface area (Å²) in [6, 6.07) is 12.2. The van der Waals surface area contributed by atoms with Crippen LogP contribution in [0.5, 0.6) is 0 Å². The molecule has 0 fully saturated rings. The summed E-state index contributed by atoms with van der Waals surface area (Å²) in [7, 11) is -1.88. The zero-order valence-corrected chi connectivity index (χ0v) is 15.3. The Labute approximate surface area is 151 Å². The molecule has 3 aromatic rings. The third-order valence-electron chi connectivity index (χ3n) is 3.74. The highest BCUT2D eigenvalue weighted by Crippen LogP contribution is 2.21. The molecule has 0 radical (unpaired) electrons. The van der Waals surface area contributed by atoms with Gasteiger partial charge in [0.15, 0.2) is 0 Å². The number of benzene rings is 1. The maximum absolute atomic E-state index is 12.5. The van der Waals surface area contributed by atoms with E-state index in [-0.39, 0.29) is 11.4 Å². The van der Waals surface area contributed by atoms with E-state index in [1.165, 1.54) is 6.07 Å². The Balaban J connectivity index is 1.81. The molecular formula is C17H17ClN4O2S. The largest absolute Gasteiger partial charge is 0.266 e. The minimum Gasteiger partial charge on any atom is -0.266 e. The third-order valence-corrected chi connectivity index (χ3v) is 5.52. The van der Waals surface area contributed by atoms with Crippen LogP contribution in [0.3, 0.4) is 0 Å². The smallest absolute Gasteiger partial charge is 0.241 e. The number of hydrogen-bond acceptors (Lipinski definition) is 4. The lowest BCUT2D eigenvalue weighted by Gasteiger charge is -2.08. The Morgan fingerprint density at radius 3 is 2.72 bits per heavy atom. The Morgan fingerprint density at radius 1 is 1.20 bits per heavy atom. The zero-order chi connectivity index (χ0) is 18.0. The van der Waals surface area contributed by atoms with Gasteiger partial charge in [-0.2, -0.15) is 5.10 Å². The average molecular weight is 377 g/mol. The second-order valence-corrected chi connectivity index (χ2v) is 7.77. The molecule has 0 aliphatic rings. The summed E-state index contributed by atoms with van der Waals surface area (Å²) < 4.78 is 29.3. The van der Waals surface area contributed by atoms with Crippen molar-refractivity contribution in [3.8, 4) is 11.4 Å². The van der Waals surface area contributed by atoms with Gasteiger partial charge in [-0.05, 0) is 42.8 Å². The molecule has 8 heteroatoms. The first-order valence-corrected chi connectivity index (χ1v) is 9.43. The molecule has 0 aliphatic carbocycles. The summed E-state index contributed by atoms with van der Waals surface area (Å²) in [5.41, 5.74) is 2.82. The van der Waals surface area contributed by atoms with Crippen LogP contribution >= 0.6 is 11.6 Å². The van der Waals surface area contributed by atoms with Gasteiger partial charge in [-0.25, -0.2) is 13.1 Å². The van der Waals surface area contributed by atoms with Crippen LogP contribution in [0.2, 0.25) is 5.02 Å². The van der Waals surface area contributed by atoms with Crippen LogP contribution in [0.1, 0.15) is 11.3 Å². The van der Waals surface area contributed by atoms with E-state index in [0.717, 1.165) is 11.4 Å². The predicted molar refractivity (Wildman–Crippen MR) is 96.7 cm³/mol. The summed E-state index contributed by atoms with van der Waals surface area (Å²) in [5.74, 6) is 0. The molecule has 0 saturated carbocycles. The lowest BCUT2D eigenvalue weighted by molar-refractivity contribution is 0.579. The summed E-state index contributed by atoms with van der Waals surface area (Å²) in [6.07, 6.45) is 1.70. The van der Waals surface area contributed by atoms with Crippen molar-refractivity contribution >= 4 is 21.6 Å². The van der Waals surface area contributed by atoms with E-state index in [4.69, 9.17) is 11.6 Å². The molecule has 0 saturated heterocycles. The Morgan fingerprint density at radius 2 is 2.00 bits per heavy atom. The minimum atomic E-state index is -3.68. The van der Waals surface area contributed by atoms with E-state index in [1.807, 2.05) is 24.3 Å². The highest BCUT2D eigenvalue weighted by molar-refractivity contribution is 7.89. The van der Waals surface area contributed by atoms with Crippen molar-refractivity contribution in [2.45, 2.75) is 18.4 Å². The van der Waals surface area contributed by atoms with E-state index in [2.05, 4.69) is 14.8 Å². The number of nitrogens with zero attached hydrogens (tertiary/aromatic N) is 3. The standard InChI is InChI=1S/C17H17ClN4O2S/c1-12-6-7-13(18)9-17(12)25(23,24)20-11-14-10-16(22(2)21-14)15-5-3-4-8-19-15/h3-10,20H,11H2,1-2H3. The van der Waals surface area contributed by atoms with Crippen LogP contribution in [0, 0.1) is 6.92 Å². The highest BCUT2D eigenvalue weighted by Gasteiger charge is 2.18. The van der Waals surface area contributed by atoms with Gasteiger partial charge in [-0.3, -0.25) is 9.67 Å². The van der Waals surface area contributed by atoms with Gasteiger partial charge in [-0.15, -0.1) is 0 Å². The van der Waals surface area contributed by atoms with Gasteiger partial charge in [0.25, 0.3) is 0 Å². The molecule has 0 bridgehead atoms. The van der Waals surface area contributed by atoms with Crippen molar-refractivity contribution in [1.82, 2.24) is 19.5 Å². The van der Waals surface area contributed by atoms with Gasteiger partial charge in [0, 0.05) is 18.3 Å². The fraction of sp³-hybridized carbons (Fsp3) is 0.176. The number of aryl methyl sites for hydroxylation is 2. The fourth-order valence-corrected chi connectivity index (χ4v) is 3.98. The van der Waals surface area contributed by atoms with Crippen molar-refractivity contribution in [1.29, 1.82) is 0 Å². The van der Waals surface area contributed by atoms with Gasteiger partial charge in [0.1, 0.15) is 0 Å². The molecule has 1 aromatic carbocycles. The zero-order valence-electron chi connectivity index (χ0n) is 13.8. The lowest BCUT2D eigenvalue weighted by atomic mass is 10.2. The first-order chi connectivity index (χ1) is 11.9. The molecule has 130 valence electrons. The predicted octanol–water partition coefficient (Wildman–Crippen LogP) is 2.92. The van der Waals surface area contributed by atoms with Crippen molar-refractivity contribution in [2.75, 3.05) is 0 Å². The minimum absolute atomic E-state index is 0.0783. The lowest BCUT2D eigenvalue weighted by Crippen LogP contribution is -2.24. The molecule has 3 rings (SSSR count). The molecule has 0 unspecified atom stereocenters. The fourth-order valence-electron chi connectivity index (χ4n) is 2.48. The molecular weight excluding hydrogens is 360 g/mol. The summed E-state index contributed by atoms with van der Waals surface area (Å²) in [4.78, 5) is 4.45. The van der Waals surface area contributed by atoms with Gasteiger partial charge in [0.05, 0.1) is 28.5 Å². The molecule has 0 spiro atoms. The Bertz CT molecular complexity index is 1000. The number of nitrogens with one attached hydrogen (secondary N) is 1. The molecule has 0 atom stereocenters. The van der Waals surface area contributed by atoms with Crippen molar-refractivity contribution in [2.24, 2.45) is 7.05 Å². The quantitative estimate of drug-likeness (QED) is 0.742. The summed E-state index contributed by atoms with van der Waals surface area (Å²) >= 11 is 5.92. The molecule has 0 amide bonds. The van der Waals surface area contributed by atoms with Crippen LogP contribution in [-0.2, 0) is 23.6 Å². The van der Waals surface area contributed by atoms with Gasteiger partial charge in [-0.1, -0.05) is 23.7 Å². The number of aromatic nitrogens is 3. The molecule has 6 nitrogen and oxygen atoms in total. The number of rotatable bonds is 5. The van der Waals surface area contributed by atoms with Crippen LogP contribution in [0.4, 0.5) is 0 Å². The molecule has 0 aliphatic heterocycles. The van der Waals surface area contributed by atoms with Crippen LogP contribution in [0.15, 0.2) is 53.6 Å². The van der Waals surface area contributed by atoms with E-state index in [1.54, 1.807) is 37.0 Å². The first-order valence-electron chi connectivity index (χ1n) is 7.57. The second-order valence-electron chi connectivity index (χ2n) is 5.59. The van der Waals surface area contributed by atoms with Gasteiger partial charge < -0.3 is 0 Å². The van der Waals surface area contributed by atoms with Gasteiger partial charge in [0.2, 0.25) is 10.0 Å². The van der Waals surface area contributed by atoms with E-state index >= 15 is 0 Å². The van der Waals surface area contributed by atoms with Crippen LogP contribution in [0.25, 0.3) is 11.4 Å². The van der Waals surface area contributed by atoms with Crippen molar-refractivity contribution < 1.29 is 8.42 Å². The average Bonchev–Trinajstić information content (AvgIpc) is 2.97. The van der Waals surface area contributed by atoms with E-state index in [9.17, 15) is 8.42 Å². The molecule has 1 N–H and O–H groups in total. The van der Waals surface area contributed by atoms with E-state index < -0.39 is 10.0 Å². The first kappa shape index (κ1) is 17.6. The molecule has 2 aromatic heterocycles. The monoisotopic (exact) mass is 376 g/mol. The summed E-state index contributed by atoms with van der Waals surface area (Å²) in [6.45, 7) is 1.81. The maximum Gasteiger partial charge on any atom is 0.241 e. The van der Waals surface area contributed by atoms with E-state index in [0.29, 0.717) is 16.3 Å². The normalized spacial score (nSPS) is 11.6. The van der Waals surface area contributed by atoms with Crippen molar-refractivity contribution in [3.05, 3.63) is 64.9 Å². The maximum atomic E-state index is 12.5. The van der Waals surface area contributed by atoms with Gasteiger partial charge >= 0.3 is 0 Å². The number of hydrogen-bond donors (Lipinski definition) is 1. The summed E-state index contributed by atoms with van der Waals surface area (Å²) in [5, 5.41) is 4.72. The topological polar surface area (TPSA) is 76.9 Å². The second kappa shape index (κ2) is 6.95. The number of pyridine rings is 1. The van der Waals surface area contributed by atoms with Crippen molar-refractivity contribution in [3.63, 3.8) is 0 Å². The number of halogens is 1. The Hall–Kier alpha value is -2.22. The molecule has 25 heavy (non-hydrogen) atoms. The van der Waals surface area contributed by atoms with Crippen LogP contribution in [-0.4, -0.2) is 23.2 Å².